The van der Waals surface area contributed by atoms with E-state index in [1.165, 1.54) is 0 Å². The zero-order chi connectivity index (χ0) is 15.4. The van der Waals surface area contributed by atoms with E-state index in [-0.39, 0.29) is 5.75 Å². The van der Waals surface area contributed by atoms with Crippen molar-refractivity contribution in [1.82, 2.24) is 0 Å². The predicted octanol–water partition coefficient (Wildman–Crippen LogP) is 6.13. The molecule has 0 saturated heterocycles. The molecule has 0 spiro atoms. The fourth-order valence-electron chi connectivity index (χ4n) is 2.05. The molecule has 0 radical (unpaired) electrons. The predicted molar refractivity (Wildman–Crippen MR) is 89.2 cm³/mol. The SMILES string of the molecule is Oc1ccc(-c2ccccc2)cc1N=Nc1ccccc1Cl. The van der Waals surface area contributed by atoms with Crippen LogP contribution in [0.3, 0.4) is 0 Å². The highest BCUT2D eigenvalue weighted by atomic mass is 35.5. The standard InChI is InChI=1S/C18H13ClN2O/c19-15-8-4-5-9-16(15)20-21-17-12-14(10-11-18(17)22)13-6-2-1-3-7-13/h1-12,22H. The average molecular weight is 309 g/mol. The Morgan fingerprint density at radius 1 is 0.682 bits per heavy atom. The lowest BCUT2D eigenvalue weighted by atomic mass is 10.1. The van der Waals surface area contributed by atoms with Gasteiger partial charge in [0.2, 0.25) is 0 Å². The van der Waals surface area contributed by atoms with Gasteiger partial charge in [0.25, 0.3) is 0 Å². The summed E-state index contributed by atoms with van der Waals surface area (Å²) in [6.45, 7) is 0. The monoisotopic (exact) mass is 308 g/mol. The first-order valence-corrected chi connectivity index (χ1v) is 7.16. The molecule has 3 nitrogen and oxygen atoms in total. The second-order valence-electron chi connectivity index (χ2n) is 4.72. The summed E-state index contributed by atoms with van der Waals surface area (Å²) in [5.41, 5.74) is 2.98. The number of phenols is 1. The molecule has 0 unspecified atom stereocenters. The summed E-state index contributed by atoms with van der Waals surface area (Å²) in [6.07, 6.45) is 0. The number of hydrogen-bond acceptors (Lipinski definition) is 3. The third-order valence-corrected chi connectivity index (χ3v) is 3.52. The van der Waals surface area contributed by atoms with Crippen molar-refractivity contribution in [3.05, 3.63) is 77.8 Å². The number of phenolic OH excluding ortho intramolecular Hbond substituents is 1. The van der Waals surface area contributed by atoms with Crippen LogP contribution in [0, 0.1) is 0 Å². The molecule has 0 heterocycles. The van der Waals surface area contributed by atoms with Crippen molar-refractivity contribution < 1.29 is 5.11 Å². The topological polar surface area (TPSA) is 45.0 Å². The largest absolute Gasteiger partial charge is 0.506 e. The first kappa shape index (κ1) is 14.3. The second kappa shape index (κ2) is 6.41. The molecule has 0 aromatic heterocycles. The molecule has 3 aromatic carbocycles. The van der Waals surface area contributed by atoms with Crippen LogP contribution in [0.15, 0.2) is 83.0 Å². The van der Waals surface area contributed by atoms with Gasteiger partial charge in [0, 0.05) is 0 Å². The number of azo groups is 1. The minimum atomic E-state index is 0.0792. The average Bonchev–Trinajstić information content (AvgIpc) is 2.56. The first-order chi connectivity index (χ1) is 10.7. The van der Waals surface area contributed by atoms with Crippen molar-refractivity contribution in [2.24, 2.45) is 10.2 Å². The maximum atomic E-state index is 9.94. The summed E-state index contributed by atoms with van der Waals surface area (Å²) in [5.74, 6) is 0.0792. The number of halogens is 1. The van der Waals surface area contributed by atoms with E-state index in [4.69, 9.17) is 11.6 Å². The second-order valence-corrected chi connectivity index (χ2v) is 5.13. The Kier molecular flexibility index (Phi) is 4.17. The summed E-state index contributed by atoms with van der Waals surface area (Å²) < 4.78 is 0. The summed E-state index contributed by atoms with van der Waals surface area (Å²) >= 11 is 6.04. The smallest absolute Gasteiger partial charge is 0.143 e. The van der Waals surface area contributed by atoms with Crippen LogP contribution in [-0.2, 0) is 0 Å². The first-order valence-electron chi connectivity index (χ1n) is 6.79. The van der Waals surface area contributed by atoms with Gasteiger partial charge in [0.05, 0.1) is 5.02 Å². The Bertz CT molecular complexity index is 816. The summed E-state index contributed by atoms with van der Waals surface area (Å²) in [4.78, 5) is 0. The Labute approximate surface area is 133 Å². The molecular formula is C18H13ClN2O. The van der Waals surface area contributed by atoms with Crippen LogP contribution in [0.2, 0.25) is 5.02 Å². The van der Waals surface area contributed by atoms with Crippen molar-refractivity contribution in [2.75, 3.05) is 0 Å². The molecule has 3 aromatic rings. The molecule has 1 N–H and O–H groups in total. The van der Waals surface area contributed by atoms with Crippen LogP contribution in [0.4, 0.5) is 11.4 Å². The van der Waals surface area contributed by atoms with Crippen LogP contribution < -0.4 is 0 Å². The lowest BCUT2D eigenvalue weighted by molar-refractivity contribution is 0.476. The molecule has 0 amide bonds. The van der Waals surface area contributed by atoms with Gasteiger partial charge in [-0.05, 0) is 35.4 Å². The van der Waals surface area contributed by atoms with Crippen LogP contribution in [0.1, 0.15) is 0 Å². The Morgan fingerprint density at radius 2 is 1.36 bits per heavy atom. The molecule has 0 saturated carbocycles. The van der Waals surface area contributed by atoms with E-state index in [1.807, 2.05) is 48.5 Å². The molecule has 0 aliphatic heterocycles. The molecule has 0 fully saturated rings. The van der Waals surface area contributed by atoms with Crippen LogP contribution in [0.5, 0.6) is 5.75 Å². The minimum absolute atomic E-state index is 0.0792. The van der Waals surface area contributed by atoms with Crippen LogP contribution >= 0.6 is 11.6 Å². The van der Waals surface area contributed by atoms with Crippen LogP contribution in [0.25, 0.3) is 11.1 Å². The molecule has 0 aliphatic carbocycles. The molecule has 22 heavy (non-hydrogen) atoms. The van der Waals surface area contributed by atoms with Crippen molar-refractivity contribution >= 4 is 23.0 Å². The van der Waals surface area contributed by atoms with E-state index < -0.39 is 0 Å². The fourth-order valence-corrected chi connectivity index (χ4v) is 2.23. The number of benzene rings is 3. The van der Waals surface area contributed by atoms with E-state index in [9.17, 15) is 5.11 Å². The van der Waals surface area contributed by atoms with E-state index in [2.05, 4.69) is 10.2 Å². The summed E-state index contributed by atoms with van der Waals surface area (Å²) in [6, 6.07) is 22.3. The zero-order valence-electron chi connectivity index (χ0n) is 11.6. The molecule has 0 bridgehead atoms. The van der Waals surface area contributed by atoms with Gasteiger partial charge in [0.1, 0.15) is 17.1 Å². The quantitative estimate of drug-likeness (QED) is 0.581. The molecule has 3 rings (SSSR count). The van der Waals surface area contributed by atoms with Gasteiger partial charge in [-0.1, -0.05) is 60.1 Å². The third-order valence-electron chi connectivity index (χ3n) is 3.20. The van der Waals surface area contributed by atoms with Gasteiger partial charge in [-0.2, -0.15) is 0 Å². The highest BCUT2D eigenvalue weighted by molar-refractivity contribution is 6.32. The van der Waals surface area contributed by atoms with E-state index in [0.29, 0.717) is 16.4 Å². The lowest BCUT2D eigenvalue weighted by Gasteiger charge is -2.04. The zero-order valence-corrected chi connectivity index (χ0v) is 12.4. The summed E-state index contributed by atoms with van der Waals surface area (Å²) in [7, 11) is 0. The number of aromatic hydroxyl groups is 1. The minimum Gasteiger partial charge on any atom is -0.506 e. The van der Waals surface area contributed by atoms with Crippen molar-refractivity contribution in [2.45, 2.75) is 0 Å². The Balaban J connectivity index is 1.96. The van der Waals surface area contributed by atoms with Gasteiger partial charge in [0.15, 0.2) is 0 Å². The Hall–Kier alpha value is -2.65. The number of hydrogen-bond donors (Lipinski definition) is 1. The fraction of sp³-hybridized carbons (Fsp3) is 0. The Morgan fingerprint density at radius 3 is 2.14 bits per heavy atom. The van der Waals surface area contributed by atoms with Gasteiger partial charge < -0.3 is 5.11 Å². The molecule has 108 valence electrons. The van der Waals surface area contributed by atoms with Gasteiger partial charge in [-0.3, -0.25) is 0 Å². The van der Waals surface area contributed by atoms with E-state index >= 15 is 0 Å². The number of rotatable bonds is 3. The van der Waals surface area contributed by atoms with Gasteiger partial charge in [-0.15, -0.1) is 10.2 Å². The van der Waals surface area contributed by atoms with Crippen LogP contribution in [-0.4, -0.2) is 5.11 Å². The third kappa shape index (κ3) is 3.15. The van der Waals surface area contributed by atoms with E-state index in [0.717, 1.165) is 11.1 Å². The molecule has 0 aliphatic rings. The van der Waals surface area contributed by atoms with Gasteiger partial charge in [-0.25, -0.2) is 0 Å². The maximum absolute atomic E-state index is 9.94. The van der Waals surface area contributed by atoms with Crippen molar-refractivity contribution in [3.63, 3.8) is 0 Å². The normalized spacial score (nSPS) is 11.0. The highest BCUT2D eigenvalue weighted by Crippen LogP contribution is 2.34. The molecule has 0 atom stereocenters. The summed E-state index contributed by atoms with van der Waals surface area (Å²) in [5, 5.41) is 18.7. The van der Waals surface area contributed by atoms with Crippen molar-refractivity contribution in [1.29, 1.82) is 0 Å². The molecule has 4 heteroatoms. The van der Waals surface area contributed by atoms with Gasteiger partial charge >= 0.3 is 0 Å². The maximum Gasteiger partial charge on any atom is 0.143 e. The highest BCUT2D eigenvalue weighted by Gasteiger charge is 2.04. The number of nitrogens with zero attached hydrogens (tertiary/aromatic N) is 2. The molecular weight excluding hydrogens is 296 g/mol. The lowest BCUT2D eigenvalue weighted by Crippen LogP contribution is -1.77. The van der Waals surface area contributed by atoms with E-state index in [1.54, 1.807) is 24.3 Å². The van der Waals surface area contributed by atoms with Crippen molar-refractivity contribution in [3.8, 4) is 16.9 Å².